The highest BCUT2D eigenvalue weighted by molar-refractivity contribution is 5.74. The van der Waals surface area contributed by atoms with Crippen LogP contribution < -0.4 is 5.32 Å². The van der Waals surface area contributed by atoms with Crippen LogP contribution in [-0.2, 0) is 4.79 Å². The summed E-state index contributed by atoms with van der Waals surface area (Å²) in [5.41, 5.74) is 0. The molecule has 0 amide bonds. The second-order valence-corrected chi connectivity index (χ2v) is 2.19. The molecule has 1 aliphatic heterocycles. The van der Waals surface area contributed by atoms with Gasteiger partial charge in [0.1, 0.15) is 6.04 Å². The molecule has 0 saturated carbocycles. The molecule has 0 aromatic heterocycles. The number of carbonyl (C=O) groups is 1. The van der Waals surface area contributed by atoms with Crippen LogP contribution in [0.4, 0.5) is 0 Å². The standard InChI is InChI=1S/C5H9NO2/c1-3-2-4(6-3)5(7)8/h3-4,6H,2H2,1H3,(H,7,8)/t3?,4-/m0/s1. The minimum Gasteiger partial charge on any atom is -0.480 e. The fourth-order valence-corrected chi connectivity index (χ4v) is 0.845. The Morgan fingerprint density at radius 3 is 2.50 bits per heavy atom. The number of aliphatic carboxylic acids is 1. The summed E-state index contributed by atoms with van der Waals surface area (Å²) < 4.78 is 0. The van der Waals surface area contributed by atoms with Gasteiger partial charge < -0.3 is 10.4 Å². The molecule has 1 fully saturated rings. The Balaban J connectivity index is 2.25. The van der Waals surface area contributed by atoms with Gasteiger partial charge in [-0.15, -0.1) is 0 Å². The van der Waals surface area contributed by atoms with Crippen LogP contribution in [0.5, 0.6) is 0 Å². The summed E-state index contributed by atoms with van der Waals surface area (Å²) in [5.74, 6) is -0.733. The summed E-state index contributed by atoms with van der Waals surface area (Å²) in [7, 11) is 0. The van der Waals surface area contributed by atoms with Gasteiger partial charge in [-0.1, -0.05) is 0 Å². The van der Waals surface area contributed by atoms with Crippen LogP contribution in [0, 0.1) is 0 Å². The van der Waals surface area contributed by atoms with Crippen molar-refractivity contribution < 1.29 is 9.90 Å². The molecular weight excluding hydrogens is 106 g/mol. The third-order valence-electron chi connectivity index (χ3n) is 1.37. The van der Waals surface area contributed by atoms with E-state index in [1.165, 1.54) is 0 Å². The van der Waals surface area contributed by atoms with Gasteiger partial charge in [0.05, 0.1) is 0 Å². The number of hydrogen-bond donors (Lipinski definition) is 2. The quantitative estimate of drug-likeness (QED) is 0.498. The van der Waals surface area contributed by atoms with E-state index >= 15 is 0 Å². The molecule has 0 aromatic carbocycles. The molecule has 1 saturated heterocycles. The lowest BCUT2D eigenvalue weighted by molar-refractivity contribution is -0.142. The van der Waals surface area contributed by atoms with Crippen molar-refractivity contribution in [2.24, 2.45) is 0 Å². The molecule has 0 aromatic rings. The Labute approximate surface area is 47.7 Å². The van der Waals surface area contributed by atoms with Crippen molar-refractivity contribution in [3.05, 3.63) is 0 Å². The SMILES string of the molecule is CC1C[C@@H](C(=O)O)N1. The fourth-order valence-electron chi connectivity index (χ4n) is 0.845. The van der Waals surface area contributed by atoms with Crippen molar-refractivity contribution in [1.82, 2.24) is 5.32 Å². The highest BCUT2D eigenvalue weighted by Crippen LogP contribution is 2.09. The average Bonchev–Trinajstić information content (AvgIpc) is 1.57. The molecule has 2 N–H and O–H groups in total. The van der Waals surface area contributed by atoms with Gasteiger partial charge in [-0.25, -0.2) is 0 Å². The number of hydrogen-bond acceptors (Lipinski definition) is 2. The maximum Gasteiger partial charge on any atom is 0.320 e. The molecule has 1 aliphatic rings. The molecule has 2 atom stereocenters. The first kappa shape index (κ1) is 5.56. The van der Waals surface area contributed by atoms with Crippen molar-refractivity contribution in [3.63, 3.8) is 0 Å². The van der Waals surface area contributed by atoms with E-state index in [-0.39, 0.29) is 6.04 Å². The Morgan fingerprint density at radius 1 is 1.88 bits per heavy atom. The molecular formula is C5H9NO2. The number of rotatable bonds is 1. The number of nitrogens with one attached hydrogen (secondary N) is 1. The minimum atomic E-state index is -0.733. The predicted molar refractivity (Wildman–Crippen MR) is 28.6 cm³/mol. The molecule has 1 unspecified atom stereocenters. The Kier molecular flexibility index (Phi) is 1.21. The van der Waals surface area contributed by atoms with E-state index in [0.717, 1.165) is 6.42 Å². The zero-order valence-electron chi connectivity index (χ0n) is 4.72. The van der Waals surface area contributed by atoms with Crippen molar-refractivity contribution >= 4 is 5.97 Å². The smallest absolute Gasteiger partial charge is 0.320 e. The normalized spacial score (nSPS) is 36.1. The van der Waals surface area contributed by atoms with E-state index < -0.39 is 5.97 Å². The van der Waals surface area contributed by atoms with E-state index in [9.17, 15) is 4.79 Å². The zero-order chi connectivity index (χ0) is 6.15. The lowest BCUT2D eigenvalue weighted by atomic mass is 9.99. The molecule has 1 heterocycles. The summed E-state index contributed by atoms with van der Waals surface area (Å²) in [6.45, 7) is 1.97. The largest absolute Gasteiger partial charge is 0.480 e. The number of carboxylic acid groups (broad SMARTS) is 1. The van der Waals surface area contributed by atoms with Gasteiger partial charge in [-0.05, 0) is 13.3 Å². The highest BCUT2D eigenvalue weighted by Gasteiger charge is 2.29. The average molecular weight is 115 g/mol. The first-order valence-corrected chi connectivity index (χ1v) is 2.69. The van der Waals surface area contributed by atoms with Crippen molar-refractivity contribution in [1.29, 1.82) is 0 Å². The molecule has 0 bridgehead atoms. The van der Waals surface area contributed by atoms with Gasteiger partial charge in [0.15, 0.2) is 0 Å². The third kappa shape index (κ3) is 0.816. The first-order chi connectivity index (χ1) is 3.70. The molecule has 3 heteroatoms. The van der Waals surface area contributed by atoms with Crippen molar-refractivity contribution in [3.8, 4) is 0 Å². The lowest BCUT2D eigenvalue weighted by Crippen LogP contribution is -2.54. The Hall–Kier alpha value is -0.570. The summed E-state index contributed by atoms with van der Waals surface area (Å²) in [4.78, 5) is 10.1. The van der Waals surface area contributed by atoms with Crippen LogP contribution in [-0.4, -0.2) is 23.2 Å². The summed E-state index contributed by atoms with van der Waals surface area (Å²) in [5, 5.41) is 11.1. The van der Waals surface area contributed by atoms with Gasteiger partial charge in [-0.2, -0.15) is 0 Å². The van der Waals surface area contributed by atoms with Crippen LogP contribution in [0.25, 0.3) is 0 Å². The zero-order valence-corrected chi connectivity index (χ0v) is 4.72. The van der Waals surface area contributed by atoms with Crippen molar-refractivity contribution in [2.75, 3.05) is 0 Å². The molecule has 8 heavy (non-hydrogen) atoms. The Morgan fingerprint density at radius 2 is 2.38 bits per heavy atom. The second-order valence-electron chi connectivity index (χ2n) is 2.19. The lowest BCUT2D eigenvalue weighted by Gasteiger charge is -2.30. The van der Waals surface area contributed by atoms with Gasteiger partial charge in [-0.3, -0.25) is 4.79 Å². The third-order valence-corrected chi connectivity index (χ3v) is 1.37. The van der Waals surface area contributed by atoms with E-state index in [1.807, 2.05) is 6.92 Å². The highest BCUT2D eigenvalue weighted by atomic mass is 16.4. The monoisotopic (exact) mass is 115 g/mol. The molecule has 0 aliphatic carbocycles. The van der Waals surface area contributed by atoms with Gasteiger partial charge >= 0.3 is 5.97 Å². The fraction of sp³-hybridized carbons (Fsp3) is 0.800. The topological polar surface area (TPSA) is 49.3 Å². The summed E-state index contributed by atoms with van der Waals surface area (Å²) >= 11 is 0. The van der Waals surface area contributed by atoms with Crippen molar-refractivity contribution in [2.45, 2.75) is 25.4 Å². The minimum absolute atomic E-state index is 0.273. The van der Waals surface area contributed by atoms with Gasteiger partial charge in [0.25, 0.3) is 0 Å². The van der Waals surface area contributed by atoms with Crippen LogP contribution in [0.2, 0.25) is 0 Å². The number of carboxylic acids is 1. The maximum absolute atomic E-state index is 10.1. The van der Waals surface area contributed by atoms with E-state index in [1.54, 1.807) is 0 Å². The summed E-state index contributed by atoms with van der Waals surface area (Å²) in [6, 6.07) is 0.126. The van der Waals surface area contributed by atoms with E-state index in [4.69, 9.17) is 5.11 Å². The molecule has 0 radical (unpaired) electrons. The van der Waals surface area contributed by atoms with Crippen LogP contribution >= 0.6 is 0 Å². The van der Waals surface area contributed by atoms with Gasteiger partial charge in [0, 0.05) is 6.04 Å². The molecule has 1 rings (SSSR count). The molecule has 3 nitrogen and oxygen atoms in total. The molecule has 0 spiro atoms. The van der Waals surface area contributed by atoms with Crippen LogP contribution in [0.1, 0.15) is 13.3 Å². The first-order valence-electron chi connectivity index (χ1n) is 2.69. The van der Waals surface area contributed by atoms with Crippen LogP contribution in [0.3, 0.4) is 0 Å². The second kappa shape index (κ2) is 1.74. The molecule has 46 valence electrons. The van der Waals surface area contributed by atoms with E-state index in [0.29, 0.717) is 6.04 Å². The summed E-state index contributed by atoms with van der Waals surface area (Å²) in [6.07, 6.45) is 0.773. The predicted octanol–water partition coefficient (Wildman–Crippen LogP) is -0.179. The maximum atomic E-state index is 10.1. The van der Waals surface area contributed by atoms with Crippen LogP contribution in [0.15, 0.2) is 0 Å². The van der Waals surface area contributed by atoms with E-state index in [2.05, 4.69) is 5.32 Å². The Bertz CT molecular complexity index is 107. The van der Waals surface area contributed by atoms with Gasteiger partial charge in [0.2, 0.25) is 0 Å².